The maximum absolute atomic E-state index is 10.5. The molecule has 0 bridgehead atoms. The summed E-state index contributed by atoms with van der Waals surface area (Å²) in [6, 6.07) is 1.39. The first-order valence-corrected chi connectivity index (χ1v) is 3.15. The number of ether oxygens (including phenoxy) is 2. The van der Waals surface area contributed by atoms with Crippen molar-refractivity contribution in [2.75, 3.05) is 7.11 Å². The van der Waals surface area contributed by atoms with Gasteiger partial charge >= 0.3 is 6.16 Å². The number of hydrogen-bond acceptors (Lipinski definition) is 4. The van der Waals surface area contributed by atoms with Crippen LogP contribution in [0.5, 0.6) is 5.75 Å². The van der Waals surface area contributed by atoms with Gasteiger partial charge in [-0.25, -0.2) is 4.79 Å². The molecule has 0 aliphatic rings. The van der Waals surface area contributed by atoms with E-state index in [4.69, 9.17) is 0 Å². The van der Waals surface area contributed by atoms with E-state index in [1.807, 2.05) is 0 Å². The summed E-state index contributed by atoms with van der Waals surface area (Å²) in [5.41, 5.74) is 0.342. The van der Waals surface area contributed by atoms with Gasteiger partial charge < -0.3 is 14.5 Å². The first-order valence-electron chi connectivity index (χ1n) is 3.15. The molecule has 0 aliphatic heterocycles. The third kappa shape index (κ3) is 1.85. The van der Waals surface area contributed by atoms with Crippen LogP contribution in [0.4, 0.5) is 4.79 Å². The molecule has 64 valence electrons. The van der Waals surface area contributed by atoms with E-state index in [0.717, 1.165) is 0 Å². The van der Waals surface area contributed by atoms with Crippen molar-refractivity contribution in [2.24, 2.45) is 0 Å². The Hall–Kier alpha value is -1.78. The summed E-state index contributed by atoms with van der Waals surface area (Å²) in [4.78, 5) is 23.3. The Balaban J connectivity index is 2.63. The second-order valence-corrected chi connectivity index (χ2v) is 1.96. The summed E-state index contributed by atoms with van der Waals surface area (Å²) in [6.45, 7) is 0. The van der Waals surface area contributed by atoms with E-state index in [0.29, 0.717) is 12.0 Å². The van der Waals surface area contributed by atoms with Crippen molar-refractivity contribution in [1.82, 2.24) is 4.98 Å². The van der Waals surface area contributed by atoms with Crippen LogP contribution in [0, 0.1) is 0 Å². The molecule has 0 amide bonds. The van der Waals surface area contributed by atoms with Crippen LogP contribution in [0.3, 0.4) is 0 Å². The molecule has 0 saturated heterocycles. The molecule has 1 rings (SSSR count). The van der Waals surface area contributed by atoms with E-state index in [-0.39, 0.29) is 5.75 Å². The standard InChI is InChI=1S/C7H7NO4/c1-11-7(10)12-6-2-5(4-9)8-3-6/h2-4,8H,1H3. The number of aldehydes is 1. The fourth-order valence-electron chi connectivity index (χ4n) is 0.656. The molecule has 1 aromatic heterocycles. The summed E-state index contributed by atoms with van der Waals surface area (Å²) in [5, 5.41) is 0. The van der Waals surface area contributed by atoms with Crippen molar-refractivity contribution in [3.05, 3.63) is 18.0 Å². The third-order valence-electron chi connectivity index (χ3n) is 1.17. The highest BCUT2D eigenvalue weighted by Gasteiger charge is 2.04. The van der Waals surface area contributed by atoms with Crippen molar-refractivity contribution in [1.29, 1.82) is 0 Å². The van der Waals surface area contributed by atoms with Crippen molar-refractivity contribution >= 4 is 12.4 Å². The van der Waals surface area contributed by atoms with Crippen molar-refractivity contribution < 1.29 is 19.1 Å². The van der Waals surface area contributed by atoms with Crippen LogP contribution in [0.25, 0.3) is 0 Å². The maximum Gasteiger partial charge on any atom is 0.513 e. The quantitative estimate of drug-likeness (QED) is 0.529. The van der Waals surface area contributed by atoms with E-state index in [9.17, 15) is 9.59 Å². The fourth-order valence-corrected chi connectivity index (χ4v) is 0.656. The van der Waals surface area contributed by atoms with Gasteiger partial charge in [0, 0.05) is 12.3 Å². The Bertz CT molecular complexity index is 291. The van der Waals surface area contributed by atoms with Crippen LogP contribution in [-0.2, 0) is 4.74 Å². The monoisotopic (exact) mass is 169 g/mol. The van der Waals surface area contributed by atoms with Crippen LogP contribution >= 0.6 is 0 Å². The number of hydrogen-bond donors (Lipinski definition) is 1. The molecule has 0 saturated carbocycles. The van der Waals surface area contributed by atoms with Gasteiger partial charge in [0.2, 0.25) is 0 Å². The molecular weight excluding hydrogens is 162 g/mol. The average Bonchev–Trinajstić information content (AvgIpc) is 2.52. The molecule has 1 N–H and O–H groups in total. The summed E-state index contributed by atoms with van der Waals surface area (Å²) in [7, 11) is 1.20. The largest absolute Gasteiger partial charge is 0.513 e. The summed E-state index contributed by atoms with van der Waals surface area (Å²) < 4.78 is 8.83. The summed E-state index contributed by atoms with van der Waals surface area (Å²) in [5.74, 6) is 0.254. The van der Waals surface area contributed by atoms with Gasteiger partial charge in [-0.1, -0.05) is 0 Å². The van der Waals surface area contributed by atoms with Crippen LogP contribution in [-0.4, -0.2) is 24.5 Å². The molecule has 0 radical (unpaired) electrons. The Morgan fingerprint density at radius 3 is 2.92 bits per heavy atom. The zero-order chi connectivity index (χ0) is 8.97. The van der Waals surface area contributed by atoms with Gasteiger partial charge in [-0.2, -0.15) is 0 Å². The average molecular weight is 169 g/mol. The molecule has 0 aromatic carbocycles. The van der Waals surface area contributed by atoms with E-state index in [1.54, 1.807) is 0 Å². The number of methoxy groups -OCH3 is 1. The molecule has 0 aliphatic carbocycles. The minimum atomic E-state index is -0.813. The van der Waals surface area contributed by atoms with Crippen LogP contribution < -0.4 is 4.74 Å². The molecule has 0 spiro atoms. The fraction of sp³-hybridized carbons (Fsp3) is 0.143. The van der Waals surface area contributed by atoms with Gasteiger partial charge in [0.15, 0.2) is 12.0 Å². The minimum Gasteiger partial charge on any atom is -0.437 e. The molecule has 0 unspecified atom stereocenters. The van der Waals surface area contributed by atoms with Crippen LogP contribution in [0.2, 0.25) is 0 Å². The number of nitrogens with one attached hydrogen (secondary N) is 1. The number of aromatic nitrogens is 1. The molecule has 0 fully saturated rings. The van der Waals surface area contributed by atoms with Gasteiger partial charge in [-0.3, -0.25) is 4.79 Å². The number of aromatic amines is 1. The smallest absolute Gasteiger partial charge is 0.437 e. The lowest BCUT2D eigenvalue weighted by Crippen LogP contribution is -2.06. The van der Waals surface area contributed by atoms with E-state index in [2.05, 4.69) is 14.5 Å². The molecule has 0 atom stereocenters. The minimum absolute atomic E-state index is 0.254. The van der Waals surface area contributed by atoms with Gasteiger partial charge in [0.05, 0.1) is 12.8 Å². The SMILES string of the molecule is COC(=O)Oc1c[nH]c(C=O)c1. The van der Waals surface area contributed by atoms with E-state index >= 15 is 0 Å². The Kier molecular flexibility index (Phi) is 2.47. The lowest BCUT2D eigenvalue weighted by molar-refractivity contribution is 0.111. The highest BCUT2D eigenvalue weighted by atomic mass is 16.7. The van der Waals surface area contributed by atoms with E-state index in [1.165, 1.54) is 19.4 Å². The topological polar surface area (TPSA) is 68.4 Å². The predicted octanol–water partition coefficient (Wildman–Crippen LogP) is 0.972. The maximum atomic E-state index is 10.5. The number of carbonyl (C=O) groups excluding carboxylic acids is 2. The molecule has 1 heterocycles. The number of carbonyl (C=O) groups is 2. The first kappa shape index (κ1) is 8.32. The van der Waals surface area contributed by atoms with Crippen LogP contribution in [0.1, 0.15) is 10.5 Å². The summed E-state index contributed by atoms with van der Waals surface area (Å²) in [6.07, 6.45) is 1.19. The highest BCUT2D eigenvalue weighted by Crippen LogP contribution is 2.11. The van der Waals surface area contributed by atoms with Crippen molar-refractivity contribution in [2.45, 2.75) is 0 Å². The lowest BCUT2D eigenvalue weighted by Gasteiger charge is -1.96. The van der Waals surface area contributed by atoms with Crippen LogP contribution in [0.15, 0.2) is 12.3 Å². The van der Waals surface area contributed by atoms with Gasteiger partial charge in [-0.15, -0.1) is 0 Å². The second kappa shape index (κ2) is 3.56. The Morgan fingerprint density at radius 1 is 1.67 bits per heavy atom. The molecule has 12 heavy (non-hydrogen) atoms. The Labute approximate surface area is 68.3 Å². The van der Waals surface area contributed by atoms with Crippen molar-refractivity contribution in [3.8, 4) is 5.75 Å². The lowest BCUT2D eigenvalue weighted by atomic mass is 10.5. The van der Waals surface area contributed by atoms with E-state index < -0.39 is 6.16 Å². The molecule has 5 nitrogen and oxygen atoms in total. The predicted molar refractivity (Wildman–Crippen MR) is 39.2 cm³/mol. The second-order valence-electron chi connectivity index (χ2n) is 1.96. The highest BCUT2D eigenvalue weighted by molar-refractivity contribution is 5.73. The summed E-state index contributed by atoms with van der Waals surface area (Å²) >= 11 is 0. The zero-order valence-electron chi connectivity index (χ0n) is 6.37. The zero-order valence-corrected chi connectivity index (χ0v) is 6.37. The molecule has 5 heteroatoms. The number of H-pyrrole nitrogens is 1. The molecular formula is C7H7NO4. The normalized spacial score (nSPS) is 9.08. The van der Waals surface area contributed by atoms with Gasteiger partial charge in [0.25, 0.3) is 0 Å². The first-order chi connectivity index (χ1) is 5.76. The molecule has 1 aromatic rings. The third-order valence-corrected chi connectivity index (χ3v) is 1.17. The number of rotatable bonds is 2. The van der Waals surface area contributed by atoms with Gasteiger partial charge in [0.1, 0.15) is 0 Å². The van der Waals surface area contributed by atoms with Gasteiger partial charge in [-0.05, 0) is 0 Å². The Morgan fingerprint density at radius 2 is 2.42 bits per heavy atom. The van der Waals surface area contributed by atoms with Crippen molar-refractivity contribution in [3.63, 3.8) is 0 Å².